The first-order valence-corrected chi connectivity index (χ1v) is 12.2. The van der Waals surface area contributed by atoms with Crippen molar-refractivity contribution in [1.82, 2.24) is 4.98 Å². The Labute approximate surface area is 214 Å². The molecule has 0 radical (unpaired) electrons. The van der Waals surface area contributed by atoms with Crippen molar-refractivity contribution in [3.63, 3.8) is 0 Å². The summed E-state index contributed by atoms with van der Waals surface area (Å²) in [5.74, 6) is 0.301. The minimum Gasteiger partial charge on any atom is -0.489 e. The Morgan fingerprint density at radius 2 is 1.86 bits per heavy atom. The highest BCUT2D eigenvalue weighted by molar-refractivity contribution is 6.04. The molecule has 5 rings (SSSR count). The van der Waals surface area contributed by atoms with Gasteiger partial charge in [0.05, 0.1) is 41.3 Å². The molecule has 37 heavy (non-hydrogen) atoms. The van der Waals surface area contributed by atoms with Gasteiger partial charge in [-0.15, -0.1) is 0 Å². The number of benzene rings is 3. The van der Waals surface area contributed by atoms with E-state index in [-0.39, 0.29) is 24.7 Å². The fraction of sp³-hybridized carbons (Fsp3) is 0.207. The maximum absolute atomic E-state index is 12.0. The molecule has 190 valence electrons. The molecule has 0 spiro atoms. The van der Waals surface area contributed by atoms with Gasteiger partial charge in [-0.05, 0) is 42.8 Å². The first-order valence-electron chi connectivity index (χ1n) is 12.2. The Bertz CT molecular complexity index is 1550. The molecule has 5 aromatic rings. The lowest BCUT2D eigenvalue weighted by Crippen LogP contribution is -2.09. The summed E-state index contributed by atoms with van der Waals surface area (Å²) in [6.07, 6.45) is 3.15. The smallest absolute Gasteiger partial charge is 0.310 e. The molecule has 8 nitrogen and oxygen atoms in total. The highest BCUT2D eigenvalue weighted by atomic mass is 16.6. The van der Waals surface area contributed by atoms with Crippen molar-refractivity contribution in [3.8, 4) is 16.9 Å². The number of nitrogens with one attached hydrogen (secondary N) is 1. The molecule has 0 saturated carbocycles. The first kappa shape index (κ1) is 25.5. The number of rotatable bonds is 8. The van der Waals surface area contributed by atoms with Gasteiger partial charge in [0.1, 0.15) is 17.9 Å². The summed E-state index contributed by atoms with van der Waals surface area (Å²) < 4.78 is 16.9. The average Bonchev–Trinajstić information content (AvgIpc) is 3.56. The minimum absolute atomic E-state index is 0.0234. The number of hydrogen-bond donors (Lipinski definition) is 1. The number of para-hydroxylation sites is 2. The zero-order valence-corrected chi connectivity index (χ0v) is 20.9. The van der Waals surface area contributed by atoms with Crippen LogP contribution in [-0.2, 0) is 22.6 Å². The zero-order chi connectivity index (χ0) is 26.4. The second-order valence-electron chi connectivity index (χ2n) is 8.02. The Balaban J connectivity index is 0.00000156. The number of H-pyrrole nitrogens is 1. The van der Waals surface area contributed by atoms with Crippen LogP contribution in [0, 0.1) is 10.1 Å². The van der Waals surface area contributed by atoms with Crippen LogP contribution in [0.1, 0.15) is 31.9 Å². The van der Waals surface area contributed by atoms with Crippen LogP contribution in [0.25, 0.3) is 33.0 Å². The van der Waals surface area contributed by atoms with E-state index in [0.717, 1.165) is 27.6 Å². The van der Waals surface area contributed by atoms with Gasteiger partial charge in [0.2, 0.25) is 0 Å². The third-order valence-electron chi connectivity index (χ3n) is 5.80. The van der Waals surface area contributed by atoms with E-state index in [9.17, 15) is 14.9 Å². The topological polar surface area (TPSA) is 108 Å². The summed E-state index contributed by atoms with van der Waals surface area (Å²) in [5.41, 5.74) is 4.59. The van der Waals surface area contributed by atoms with E-state index in [1.807, 2.05) is 62.4 Å². The molecule has 0 saturated heterocycles. The maximum Gasteiger partial charge on any atom is 0.310 e. The highest BCUT2D eigenvalue weighted by Crippen LogP contribution is 2.37. The predicted octanol–water partition coefficient (Wildman–Crippen LogP) is 7.20. The van der Waals surface area contributed by atoms with Crippen LogP contribution in [-0.4, -0.2) is 22.5 Å². The van der Waals surface area contributed by atoms with Gasteiger partial charge >= 0.3 is 5.97 Å². The Morgan fingerprint density at radius 1 is 1.05 bits per heavy atom. The van der Waals surface area contributed by atoms with Crippen molar-refractivity contribution in [2.75, 3.05) is 6.61 Å². The summed E-state index contributed by atoms with van der Waals surface area (Å²) in [6.45, 7) is 6.36. The van der Waals surface area contributed by atoms with E-state index >= 15 is 0 Å². The molecule has 1 N–H and O–H groups in total. The normalized spacial score (nSPS) is 10.7. The standard InChI is InChI=1S/C27H22N2O6.C2H6/c1-2-33-25(30)14-18-6-3-4-9-24(18)35-16-17-12-19-10-11-34-27(19)22(13-17)20-7-5-8-21-23(29(31)32)15-28-26(20)21;1-2/h3-13,15,28H,2,14,16H2,1H3;1-2H3. The number of aromatic nitrogens is 1. The van der Waals surface area contributed by atoms with Gasteiger partial charge in [-0.25, -0.2) is 0 Å². The number of fused-ring (bicyclic) bond motifs is 2. The van der Waals surface area contributed by atoms with Gasteiger partial charge in [0, 0.05) is 22.1 Å². The molecule has 0 fully saturated rings. The molecule has 0 unspecified atom stereocenters. The minimum atomic E-state index is -0.400. The molecule has 0 atom stereocenters. The summed E-state index contributed by atoms with van der Waals surface area (Å²) in [6, 6.07) is 18.6. The second kappa shape index (κ2) is 11.4. The van der Waals surface area contributed by atoms with Crippen LogP contribution in [0.5, 0.6) is 5.75 Å². The predicted molar refractivity (Wildman–Crippen MR) is 143 cm³/mol. The third-order valence-corrected chi connectivity index (χ3v) is 5.80. The SMILES string of the molecule is CC.CCOC(=O)Cc1ccccc1OCc1cc(-c2cccc3c([N+](=O)[O-])c[nH]c23)c2occc2c1. The van der Waals surface area contributed by atoms with E-state index < -0.39 is 4.92 Å². The summed E-state index contributed by atoms with van der Waals surface area (Å²) >= 11 is 0. The molecule has 0 aliphatic heterocycles. The van der Waals surface area contributed by atoms with E-state index in [1.165, 1.54) is 6.20 Å². The Morgan fingerprint density at radius 3 is 2.65 bits per heavy atom. The van der Waals surface area contributed by atoms with Gasteiger partial charge in [-0.2, -0.15) is 0 Å². The fourth-order valence-electron chi connectivity index (χ4n) is 4.26. The monoisotopic (exact) mass is 500 g/mol. The van der Waals surface area contributed by atoms with Crippen LogP contribution < -0.4 is 4.74 Å². The lowest BCUT2D eigenvalue weighted by molar-refractivity contribution is -0.383. The summed E-state index contributed by atoms with van der Waals surface area (Å²) in [5, 5.41) is 12.8. The number of carbonyl (C=O) groups excluding carboxylic acids is 1. The second-order valence-corrected chi connectivity index (χ2v) is 8.02. The molecule has 2 heterocycles. The molecule has 0 bridgehead atoms. The third kappa shape index (κ3) is 5.33. The van der Waals surface area contributed by atoms with E-state index in [0.29, 0.717) is 28.8 Å². The van der Waals surface area contributed by atoms with Crippen molar-refractivity contribution in [1.29, 1.82) is 0 Å². The summed E-state index contributed by atoms with van der Waals surface area (Å²) in [7, 11) is 0. The molecule has 8 heteroatoms. The lowest BCUT2D eigenvalue weighted by Gasteiger charge is -2.13. The Hall–Kier alpha value is -4.59. The molecular formula is C29H28N2O6. The highest BCUT2D eigenvalue weighted by Gasteiger charge is 2.19. The fourth-order valence-corrected chi connectivity index (χ4v) is 4.26. The number of hydrogen-bond acceptors (Lipinski definition) is 6. The molecule has 0 aliphatic carbocycles. The molecule has 0 aliphatic rings. The van der Waals surface area contributed by atoms with Crippen molar-refractivity contribution >= 4 is 33.5 Å². The summed E-state index contributed by atoms with van der Waals surface area (Å²) in [4.78, 5) is 26.0. The number of nitro groups is 1. The van der Waals surface area contributed by atoms with E-state index in [4.69, 9.17) is 13.9 Å². The van der Waals surface area contributed by atoms with Gasteiger partial charge in [-0.1, -0.05) is 44.2 Å². The van der Waals surface area contributed by atoms with E-state index in [2.05, 4.69) is 4.98 Å². The quantitative estimate of drug-likeness (QED) is 0.137. The van der Waals surface area contributed by atoms with Gasteiger partial charge < -0.3 is 18.9 Å². The molecule has 0 amide bonds. The van der Waals surface area contributed by atoms with Crippen LogP contribution >= 0.6 is 0 Å². The van der Waals surface area contributed by atoms with E-state index in [1.54, 1.807) is 25.3 Å². The number of ether oxygens (including phenoxy) is 2. The van der Waals surface area contributed by atoms with Crippen molar-refractivity contribution < 1.29 is 23.6 Å². The van der Waals surface area contributed by atoms with Crippen molar-refractivity contribution in [2.45, 2.75) is 33.8 Å². The van der Waals surface area contributed by atoms with Crippen LogP contribution in [0.2, 0.25) is 0 Å². The number of esters is 1. The van der Waals surface area contributed by atoms with Crippen molar-refractivity contribution in [3.05, 3.63) is 94.4 Å². The maximum atomic E-state index is 12.0. The number of carbonyl (C=O) groups is 1. The largest absolute Gasteiger partial charge is 0.489 e. The van der Waals surface area contributed by atoms with Crippen LogP contribution in [0.3, 0.4) is 0 Å². The molecule has 3 aromatic carbocycles. The average molecular weight is 501 g/mol. The zero-order valence-electron chi connectivity index (χ0n) is 20.9. The molecular weight excluding hydrogens is 472 g/mol. The number of nitrogens with zero attached hydrogens (tertiary/aromatic N) is 1. The van der Waals surface area contributed by atoms with Crippen molar-refractivity contribution in [2.24, 2.45) is 0 Å². The molecule has 2 aromatic heterocycles. The Kier molecular flexibility index (Phi) is 7.88. The lowest BCUT2D eigenvalue weighted by atomic mass is 9.98. The number of furan rings is 1. The number of aromatic amines is 1. The van der Waals surface area contributed by atoms with Crippen LogP contribution in [0.4, 0.5) is 5.69 Å². The van der Waals surface area contributed by atoms with Crippen LogP contribution in [0.15, 0.2) is 77.5 Å². The van der Waals surface area contributed by atoms with Gasteiger partial charge in [0.15, 0.2) is 0 Å². The van der Waals surface area contributed by atoms with Gasteiger partial charge in [0.25, 0.3) is 5.69 Å². The first-order chi connectivity index (χ1) is 18.0. The van der Waals surface area contributed by atoms with Gasteiger partial charge in [-0.3, -0.25) is 14.9 Å².